The van der Waals surface area contributed by atoms with E-state index in [4.69, 9.17) is 0 Å². The molecule has 1 unspecified atom stereocenters. The zero-order chi connectivity index (χ0) is 20.5. The van der Waals surface area contributed by atoms with Crippen LogP contribution in [0.3, 0.4) is 0 Å². The summed E-state index contributed by atoms with van der Waals surface area (Å²) >= 11 is 0. The molecule has 166 valence electrons. The van der Waals surface area contributed by atoms with Crippen molar-refractivity contribution in [3.63, 3.8) is 0 Å². The van der Waals surface area contributed by atoms with Crippen LogP contribution in [0, 0.1) is 19.8 Å². The lowest BCUT2D eigenvalue weighted by Gasteiger charge is -2.14. The number of hydrogen-bond donors (Lipinski definition) is 0. The molecule has 28 heavy (non-hydrogen) atoms. The molecular weight excluding hydrogens is 336 g/mol. The normalized spacial score (nSPS) is 12.8. The van der Waals surface area contributed by atoms with Crippen LogP contribution >= 0.6 is 0 Å². The second-order valence-electron chi connectivity index (χ2n) is 8.98. The van der Waals surface area contributed by atoms with Gasteiger partial charge in [-0.3, -0.25) is 0 Å². The van der Waals surface area contributed by atoms with E-state index in [1.807, 2.05) is 6.08 Å². The van der Waals surface area contributed by atoms with E-state index in [0.717, 1.165) is 12.3 Å². The van der Waals surface area contributed by atoms with E-state index in [9.17, 15) is 0 Å². The highest BCUT2D eigenvalue weighted by atomic mass is 14.1. The first-order valence-electron chi connectivity index (χ1n) is 13.1. The van der Waals surface area contributed by atoms with Gasteiger partial charge in [-0.15, -0.1) is 0 Å². The molecule has 0 aromatic rings. The summed E-state index contributed by atoms with van der Waals surface area (Å²) in [6.45, 7) is 10.1. The Kier molecular flexibility index (Phi) is 24.5. The molecular formula is C28H54. The van der Waals surface area contributed by atoms with E-state index >= 15 is 0 Å². The van der Waals surface area contributed by atoms with Crippen LogP contribution in [0.5, 0.6) is 0 Å². The molecule has 2 radical (unpaired) electrons. The van der Waals surface area contributed by atoms with Crippen molar-refractivity contribution in [2.24, 2.45) is 5.92 Å². The van der Waals surface area contributed by atoms with Crippen molar-refractivity contribution in [3.05, 3.63) is 26.0 Å². The van der Waals surface area contributed by atoms with Crippen LogP contribution < -0.4 is 0 Å². The molecule has 0 heteroatoms. The number of rotatable bonds is 23. The largest absolute Gasteiger partial charge is 0.0885 e. The van der Waals surface area contributed by atoms with Gasteiger partial charge in [0.2, 0.25) is 0 Å². The monoisotopic (exact) mass is 390 g/mol. The van der Waals surface area contributed by atoms with Gasteiger partial charge in [0.25, 0.3) is 0 Å². The summed E-state index contributed by atoms with van der Waals surface area (Å²) in [6.07, 6.45) is 35.3. The van der Waals surface area contributed by atoms with Gasteiger partial charge in [-0.05, 0) is 25.7 Å². The van der Waals surface area contributed by atoms with Crippen molar-refractivity contribution in [2.45, 2.75) is 148 Å². The molecule has 0 rings (SSSR count). The van der Waals surface area contributed by atoms with E-state index in [1.165, 1.54) is 135 Å². The zero-order valence-electron chi connectivity index (χ0n) is 19.7. The summed E-state index contributed by atoms with van der Waals surface area (Å²) in [5.74, 6) is 1.00. The Hall–Kier alpha value is -0.260. The molecule has 0 saturated carbocycles. The fraction of sp³-hybridized carbons (Fsp3) is 0.857. The fourth-order valence-corrected chi connectivity index (χ4v) is 4.27. The Morgan fingerprint density at radius 3 is 1.36 bits per heavy atom. The van der Waals surface area contributed by atoms with Gasteiger partial charge in [0.15, 0.2) is 0 Å². The Bertz CT molecular complexity index is 290. The van der Waals surface area contributed by atoms with Crippen LogP contribution in [0.2, 0.25) is 0 Å². The average molecular weight is 391 g/mol. The summed E-state index contributed by atoms with van der Waals surface area (Å²) in [4.78, 5) is 0. The first-order chi connectivity index (χ1) is 13.8. The van der Waals surface area contributed by atoms with Gasteiger partial charge in [-0.1, -0.05) is 154 Å². The molecule has 0 saturated heterocycles. The molecule has 0 aliphatic rings. The Balaban J connectivity index is 3.29. The van der Waals surface area contributed by atoms with Gasteiger partial charge in [0.05, 0.1) is 0 Å². The molecule has 1 atom stereocenters. The third kappa shape index (κ3) is 22.0. The third-order valence-corrected chi connectivity index (χ3v) is 6.34. The van der Waals surface area contributed by atoms with Crippen molar-refractivity contribution in [1.29, 1.82) is 0 Å². The van der Waals surface area contributed by atoms with E-state index in [-0.39, 0.29) is 0 Å². The van der Waals surface area contributed by atoms with E-state index in [2.05, 4.69) is 26.8 Å². The lowest BCUT2D eigenvalue weighted by atomic mass is 9.92. The Labute approximate surface area is 180 Å². The van der Waals surface area contributed by atoms with Crippen LogP contribution in [0.4, 0.5) is 0 Å². The van der Waals surface area contributed by atoms with Crippen LogP contribution in [0.15, 0.2) is 12.2 Å². The summed E-state index contributed by atoms with van der Waals surface area (Å²) < 4.78 is 0. The van der Waals surface area contributed by atoms with Crippen molar-refractivity contribution in [2.75, 3.05) is 0 Å². The van der Waals surface area contributed by atoms with Gasteiger partial charge in [-0.2, -0.15) is 0 Å². The predicted molar refractivity (Wildman–Crippen MR) is 131 cm³/mol. The molecule has 0 aromatic carbocycles. The Morgan fingerprint density at radius 1 is 0.571 bits per heavy atom. The predicted octanol–water partition coefficient (Wildman–Crippen LogP) is 10.4. The second-order valence-corrected chi connectivity index (χ2v) is 8.98. The quantitative estimate of drug-likeness (QED) is 0.152. The maximum absolute atomic E-state index is 3.92. The molecule has 0 bridgehead atoms. The molecule has 0 amide bonds. The molecule has 0 heterocycles. The summed E-state index contributed by atoms with van der Waals surface area (Å²) in [5, 5.41) is 0. The van der Waals surface area contributed by atoms with Crippen LogP contribution in [0.25, 0.3) is 0 Å². The molecule has 0 aromatic heterocycles. The lowest BCUT2D eigenvalue weighted by molar-refractivity contribution is 0.392. The van der Waals surface area contributed by atoms with Crippen molar-refractivity contribution < 1.29 is 0 Å². The van der Waals surface area contributed by atoms with Gasteiger partial charge in [-0.25, -0.2) is 0 Å². The van der Waals surface area contributed by atoms with Gasteiger partial charge in [0, 0.05) is 0 Å². The van der Waals surface area contributed by atoms with Crippen LogP contribution in [-0.4, -0.2) is 0 Å². The fourth-order valence-electron chi connectivity index (χ4n) is 4.27. The first-order valence-corrected chi connectivity index (χ1v) is 13.1. The minimum atomic E-state index is 1.00. The average Bonchev–Trinajstić information content (AvgIpc) is 2.71. The molecule has 0 fully saturated rings. The highest BCUT2D eigenvalue weighted by Crippen LogP contribution is 2.22. The summed E-state index contributed by atoms with van der Waals surface area (Å²) in [5.41, 5.74) is 0. The second kappa shape index (κ2) is 24.8. The van der Waals surface area contributed by atoms with Crippen molar-refractivity contribution in [1.82, 2.24) is 0 Å². The van der Waals surface area contributed by atoms with Gasteiger partial charge < -0.3 is 0 Å². The number of allylic oxidation sites excluding steroid dienone is 2. The highest BCUT2D eigenvalue weighted by molar-refractivity contribution is 4.83. The number of hydrogen-bond acceptors (Lipinski definition) is 0. The standard InChI is InChI=1S/C28H54/c1-4-7-9-11-13-15-17-19-21-23-25-27-28(6-3)26-24-22-20-18-16-14-12-10-8-5-2/h5,8,28H,1-2,4,6-7,9-27H2,3H3. The minimum Gasteiger partial charge on any atom is -0.0885 e. The maximum Gasteiger partial charge on any atom is -0.0316 e. The van der Waals surface area contributed by atoms with E-state index < -0.39 is 0 Å². The molecule has 0 spiro atoms. The maximum atomic E-state index is 3.92. The van der Waals surface area contributed by atoms with E-state index in [0.29, 0.717) is 0 Å². The van der Waals surface area contributed by atoms with Crippen LogP contribution in [0.1, 0.15) is 148 Å². The summed E-state index contributed by atoms with van der Waals surface area (Å²) in [6, 6.07) is 0. The summed E-state index contributed by atoms with van der Waals surface area (Å²) in [7, 11) is 0. The lowest BCUT2D eigenvalue weighted by Crippen LogP contribution is -1.99. The Morgan fingerprint density at radius 2 is 0.964 bits per heavy atom. The SMILES string of the molecule is [CH2]C=CCCCCCCCCCC(CC)CCCCCCCCCCCC[CH2]. The third-order valence-electron chi connectivity index (χ3n) is 6.34. The number of unbranched alkanes of at least 4 members (excludes halogenated alkanes) is 17. The smallest absolute Gasteiger partial charge is 0.0316 e. The molecule has 0 aliphatic carbocycles. The molecule has 0 nitrogen and oxygen atoms in total. The molecule has 0 N–H and O–H groups in total. The van der Waals surface area contributed by atoms with Crippen molar-refractivity contribution in [3.8, 4) is 0 Å². The first kappa shape index (κ1) is 27.7. The highest BCUT2D eigenvalue weighted by Gasteiger charge is 2.06. The van der Waals surface area contributed by atoms with Gasteiger partial charge >= 0.3 is 0 Å². The van der Waals surface area contributed by atoms with Crippen molar-refractivity contribution >= 4 is 0 Å². The zero-order valence-corrected chi connectivity index (χ0v) is 19.7. The van der Waals surface area contributed by atoms with E-state index in [1.54, 1.807) is 0 Å². The van der Waals surface area contributed by atoms with Crippen LogP contribution in [-0.2, 0) is 0 Å². The van der Waals surface area contributed by atoms with Gasteiger partial charge in [0.1, 0.15) is 0 Å². The topological polar surface area (TPSA) is 0 Å². The minimum absolute atomic E-state index is 1.00. The molecule has 0 aliphatic heterocycles.